The quantitative estimate of drug-likeness (QED) is 0.792. The van der Waals surface area contributed by atoms with E-state index in [0.717, 1.165) is 18.4 Å². The van der Waals surface area contributed by atoms with E-state index in [1.165, 1.54) is 11.8 Å². The summed E-state index contributed by atoms with van der Waals surface area (Å²) in [5.74, 6) is 0.411. The Kier molecular flexibility index (Phi) is 5.70. The zero-order chi connectivity index (χ0) is 17.6. The Balaban J connectivity index is 1.44. The van der Waals surface area contributed by atoms with Crippen LogP contribution in [0.4, 0.5) is 0 Å². The molecule has 3 rings (SSSR count). The molecule has 0 radical (unpaired) electrons. The lowest BCUT2D eigenvalue weighted by molar-refractivity contribution is -0.129. The van der Waals surface area contributed by atoms with Crippen molar-refractivity contribution in [3.63, 3.8) is 0 Å². The minimum atomic E-state index is -0.0375. The molecule has 25 heavy (non-hydrogen) atoms. The topological polar surface area (TPSA) is 91.0 Å². The number of likely N-dealkylation sites (tertiary alicyclic amines) is 1. The number of nitrogens with one attached hydrogen (secondary N) is 2. The number of H-pyrrole nitrogens is 1. The third-order valence-corrected chi connectivity index (χ3v) is 5.19. The Morgan fingerprint density at radius 2 is 2.08 bits per heavy atom. The van der Waals surface area contributed by atoms with Crippen molar-refractivity contribution in [2.24, 2.45) is 0 Å². The van der Waals surface area contributed by atoms with Gasteiger partial charge in [0.2, 0.25) is 5.91 Å². The predicted molar refractivity (Wildman–Crippen MR) is 95.4 cm³/mol. The number of rotatable bonds is 5. The van der Waals surface area contributed by atoms with Gasteiger partial charge in [-0.2, -0.15) is 10.3 Å². The van der Waals surface area contributed by atoms with Crippen LogP contribution in [0.3, 0.4) is 0 Å². The molecule has 0 bridgehead atoms. The maximum absolute atomic E-state index is 12.4. The van der Waals surface area contributed by atoms with Gasteiger partial charge in [-0.3, -0.25) is 9.59 Å². The molecule has 0 saturated carbocycles. The van der Waals surface area contributed by atoms with Crippen molar-refractivity contribution >= 4 is 23.6 Å². The van der Waals surface area contributed by atoms with Crippen LogP contribution in [-0.4, -0.2) is 57.0 Å². The molecular weight excluding hydrogens is 338 g/mol. The molecule has 2 heterocycles. The Morgan fingerprint density at radius 3 is 2.76 bits per heavy atom. The third-order valence-electron chi connectivity index (χ3n) is 4.31. The molecule has 0 atom stereocenters. The molecule has 0 spiro atoms. The Labute approximate surface area is 150 Å². The highest BCUT2D eigenvalue weighted by atomic mass is 32.2. The first-order chi connectivity index (χ1) is 12.1. The van der Waals surface area contributed by atoms with E-state index < -0.39 is 0 Å². The van der Waals surface area contributed by atoms with E-state index in [1.54, 1.807) is 6.20 Å². The number of carbonyl (C=O) groups is 2. The van der Waals surface area contributed by atoms with Crippen molar-refractivity contribution in [2.45, 2.75) is 30.8 Å². The van der Waals surface area contributed by atoms with Crippen LogP contribution in [0.5, 0.6) is 0 Å². The van der Waals surface area contributed by atoms with Crippen LogP contribution in [-0.2, 0) is 4.79 Å². The maximum Gasteiger partial charge on any atom is 0.251 e. The van der Waals surface area contributed by atoms with E-state index in [0.29, 0.717) is 29.4 Å². The fraction of sp³-hybridized carbons (Fsp3) is 0.412. The van der Waals surface area contributed by atoms with Crippen molar-refractivity contribution < 1.29 is 9.59 Å². The van der Waals surface area contributed by atoms with Crippen LogP contribution in [0, 0.1) is 6.92 Å². The first kappa shape index (κ1) is 17.5. The van der Waals surface area contributed by atoms with Crippen molar-refractivity contribution in [1.29, 1.82) is 0 Å². The number of piperidine rings is 1. The minimum Gasteiger partial charge on any atom is -0.349 e. The molecule has 0 unspecified atom stereocenters. The number of carbonyl (C=O) groups excluding carboxylic acids is 2. The molecular formula is C17H21N5O2S. The van der Waals surface area contributed by atoms with Gasteiger partial charge in [0, 0.05) is 24.7 Å². The van der Waals surface area contributed by atoms with E-state index in [1.807, 2.05) is 36.1 Å². The van der Waals surface area contributed by atoms with Gasteiger partial charge < -0.3 is 10.2 Å². The number of aromatic amines is 1. The first-order valence-electron chi connectivity index (χ1n) is 8.26. The lowest BCUT2D eigenvalue weighted by atomic mass is 10.0. The van der Waals surface area contributed by atoms with Crippen molar-refractivity contribution in [2.75, 3.05) is 18.8 Å². The second kappa shape index (κ2) is 8.15. The highest BCUT2D eigenvalue weighted by Gasteiger charge is 2.24. The Morgan fingerprint density at radius 1 is 1.32 bits per heavy atom. The maximum atomic E-state index is 12.4. The molecule has 7 nitrogen and oxygen atoms in total. The molecule has 1 fully saturated rings. The Hall–Kier alpha value is -2.35. The van der Waals surface area contributed by atoms with Crippen LogP contribution < -0.4 is 5.32 Å². The monoisotopic (exact) mass is 359 g/mol. The molecule has 2 amide bonds. The van der Waals surface area contributed by atoms with E-state index in [2.05, 4.69) is 20.7 Å². The summed E-state index contributed by atoms with van der Waals surface area (Å²) in [5, 5.41) is 14.0. The average molecular weight is 359 g/mol. The molecule has 2 N–H and O–H groups in total. The van der Waals surface area contributed by atoms with Gasteiger partial charge in [-0.05, 0) is 31.4 Å². The lowest BCUT2D eigenvalue weighted by Crippen LogP contribution is -2.47. The van der Waals surface area contributed by atoms with Gasteiger partial charge in [0.05, 0.1) is 11.9 Å². The zero-order valence-electron chi connectivity index (χ0n) is 14.1. The van der Waals surface area contributed by atoms with Gasteiger partial charge in [-0.1, -0.05) is 30.0 Å². The first-order valence-corrected chi connectivity index (χ1v) is 9.25. The smallest absolute Gasteiger partial charge is 0.251 e. The van der Waals surface area contributed by atoms with Crippen LogP contribution in [0.1, 0.15) is 28.8 Å². The van der Waals surface area contributed by atoms with Crippen molar-refractivity contribution in [1.82, 2.24) is 25.6 Å². The van der Waals surface area contributed by atoms with E-state index >= 15 is 0 Å². The fourth-order valence-corrected chi connectivity index (χ4v) is 3.54. The molecule has 8 heteroatoms. The van der Waals surface area contributed by atoms with Crippen molar-refractivity contribution in [3.8, 4) is 0 Å². The molecule has 1 aliphatic rings. The zero-order valence-corrected chi connectivity index (χ0v) is 14.9. The minimum absolute atomic E-state index is 0.0375. The number of nitrogens with zero attached hydrogens (tertiary/aromatic N) is 3. The number of hydrogen-bond acceptors (Lipinski definition) is 5. The summed E-state index contributed by atoms with van der Waals surface area (Å²) in [6.45, 7) is 3.26. The summed E-state index contributed by atoms with van der Waals surface area (Å²) < 4.78 is 0. The standard InChI is InChI=1S/C17H21N5O2S/c1-12-4-2-3-5-14(12)17(24)19-13-6-8-22(9-7-13)16(23)11-25-15-10-18-21-20-15/h2-5,10,13H,6-9,11H2,1H3,(H,19,24)(H,18,20,21). The molecule has 0 aliphatic carbocycles. The summed E-state index contributed by atoms with van der Waals surface area (Å²) in [6, 6.07) is 7.68. The third kappa shape index (κ3) is 4.60. The summed E-state index contributed by atoms with van der Waals surface area (Å²) in [7, 11) is 0. The molecule has 1 aliphatic heterocycles. The summed E-state index contributed by atoms with van der Waals surface area (Å²) in [6.07, 6.45) is 3.15. The van der Waals surface area contributed by atoms with Crippen LogP contribution in [0.15, 0.2) is 35.5 Å². The SMILES string of the molecule is Cc1ccccc1C(=O)NC1CCN(C(=O)CSc2cn[nH]n2)CC1. The number of thioether (sulfide) groups is 1. The van der Waals surface area contributed by atoms with Gasteiger partial charge in [0.1, 0.15) is 5.03 Å². The van der Waals surface area contributed by atoms with Gasteiger partial charge in [0.25, 0.3) is 5.91 Å². The largest absolute Gasteiger partial charge is 0.349 e. The lowest BCUT2D eigenvalue weighted by Gasteiger charge is -2.32. The van der Waals surface area contributed by atoms with Crippen LogP contribution in [0.2, 0.25) is 0 Å². The summed E-state index contributed by atoms with van der Waals surface area (Å²) in [5.41, 5.74) is 1.68. The molecule has 2 aromatic rings. The van der Waals surface area contributed by atoms with E-state index in [4.69, 9.17) is 0 Å². The predicted octanol–water partition coefficient (Wildman–Crippen LogP) is 1.63. The highest BCUT2D eigenvalue weighted by molar-refractivity contribution is 7.99. The van der Waals surface area contributed by atoms with E-state index in [-0.39, 0.29) is 17.9 Å². The summed E-state index contributed by atoms with van der Waals surface area (Å²) >= 11 is 1.37. The molecule has 1 aromatic heterocycles. The number of aryl methyl sites for hydroxylation is 1. The Bertz CT molecular complexity index is 726. The second-order valence-corrected chi connectivity index (χ2v) is 7.04. The molecule has 1 aromatic carbocycles. The number of hydrogen-bond donors (Lipinski definition) is 2. The van der Waals surface area contributed by atoms with Gasteiger partial charge >= 0.3 is 0 Å². The van der Waals surface area contributed by atoms with Gasteiger partial charge in [0.15, 0.2) is 0 Å². The number of amides is 2. The normalized spacial score (nSPS) is 15.2. The number of benzene rings is 1. The molecule has 1 saturated heterocycles. The average Bonchev–Trinajstić information content (AvgIpc) is 3.14. The van der Waals surface area contributed by atoms with E-state index in [9.17, 15) is 9.59 Å². The van der Waals surface area contributed by atoms with Crippen LogP contribution >= 0.6 is 11.8 Å². The van der Waals surface area contributed by atoms with Crippen LogP contribution in [0.25, 0.3) is 0 Å². The molecule has 132 valence electrons. The van der Waals surface area contributed by atoms with Gasteiger partial charge in [-0.15, -0.1) is 5.10 Å². The summed E-state index contributed by atoms with van der Waals surface area (Å²) in [4.78, 5) is 26.5. The highest BCUT2D eigenvalue weighted by Crippen LogP contribution is 2.17. The van der Waals surface area contributed by atoms with Gasteiger partial charge in [-0.25, -0.2) is 0 Å². The van der Waals surface area contributed by atoms with Crippen molar-refractivity contribution in [3.05, 3.63) is 41.6 Å². The fourth-order valence-electron chi connectivity index (χ4n) is 2.85. The second-order valence-electron chi connectivity index (χ2n) is 6.04. The number of aromatic nitrogens is 3.